The lowest BCUT2D eigenvalue weighted by atomic mass is 10.1. The van der Waals surface area contributed by atoms with Crippen molar-refractivity contribution in [2.75, 3.05) is 19.0 Å². The zero-order valence-electron chi connectivity index (χ0n) is 15.3. The van der Waals surface area contributed by atoms with E-state index in [4.69, 9.17) is 4.74 Å². The van der Waals surface area contributed by atoms with Crippen molar-refractivity contribution in [2.45, 2.75) is 19.5 Å². The summed E-state index contributed by atoms with van der Waals surface area (Å²) in [6.07, 6.45) is 0.804. The quantitative estimate of drug-likeness (QED) is 0.772. The Balaban J connectivity index is 1.40. The summed E-state index contributed by atoms with van der Waals surface area (Å²) < 4.78 is 7.15. The van der Waals surface area contributed by atoms with Crippen LogP contribution in [0.4, 0.5) is 10.5 Å². The van der Waals surface area contributed by atoms with Gasteiger partial charge < -0.3 is 15.0 Å². The monoisotopic (exact) mass is 362 g/mol. The van der Waals surface area contributed by atoms with Crippen molar-refractivity contribution in [1.29, 1.82) is 0 Å². The first-order valence-corrected chi connectivity index (χ1v) is 9.01. The maximum Gasteiger partial charge on any atom is 0.322 e. The molecule has 1 aliphatic rings. The van der Waals surface area contributed by atoms with Crippen LogP contribution in [-0.2, 0) is 19.5 Å². The van der Waals surface area contributed by atoms with Gasteiger partial charge in [0, 0.05) is 18.7 Å². The molecule has 2 aromatic carbocycles. The van der Waals surface area contributed by atoms with Gasteiger partial charge in [-0.2, -0.15) is 5.10 Å². The van der Waals surface area contributed by atoms with Crippen molar-refractivity contribution in [1.82, 2.24) is 14.7 Å². The van der Waals surface area contributed by atoms with Crippen LogP contribution in [0.1, 0.15) is 17.0 Å². The fourth-order valence-electron chi connectivity index (χ4n) is 3.27. The molecular weight excluding hydrogens is 340 g/mol. The molecule has 27 heavy (non-hydrogen) atoms. The SMILES string of the molecule is COc1ccc(NC(=O)N2CCn3nc(Cc4ccccc4)cc3C2)cc1. The zero-order chi connectivity index (χ0) is 18.6. The topological polar surface area (TPSA) is 59.4 Å². The minimum atomic E-state index is -0.0998. The van der Waals surface area contributed by atoms with Gasteiger partial charge in [-0.1, -0.05) is 30.3 Å². The first-order chi connectivity index (χ1) is 13.2. The van der Waals surface area contributed by atoms with Gasteiger partial charge in [-0.25, -0.2) is 4.79 Å². The van der Waals surface area contributed by atoms with Crippen LogP contribution in [0.5, 0.6) is 5.75 Å². The number of rotatable bonds is 4. The number of ether oxygens (including phenoxy) is 1. The Morgan fingerprint density at radius 3 is 2.63 bits per heavy atom. The molecule has 2 amide bonds. The minimum Gasteiger partial charge on any atom is -0.497 e. The predicted molar refractivity (Wildman–Crippen MR) is 104 cm³/mol. The molecule has 6 heteroatoms. The molecule has 1 aliphatic heterocycles. The number of hydrogen-bond donors (Lipinski definition) is 1. The van der Waals surface area contributed by atoms with Gasteiger partial charge >= 0.3 is 6.03 Å². The average molecular weight is 362 g/mol. The summed E-state index contributed by atoms with van der Waals surface area (Å²) in [7, 11) is 1.62. The number of anilines is 1. The molecule has 1 aromatic heterocycles. The van der Waals surface area contributed by atoms with E-state index in [1.54, 1.807) is 7.11 Å². The molecule has 0 saturated carbocycles. The van der Waals surface area contributed by atoms with Crippen LogP contribution >= 0.6 is 0 Å². The van der Waals surface area contributed by atoms with Crippen molar-refractivity contribution in [3.05, 3.63) is 77.6 Å². The Labute approximate surface area is 158 Å². The maximum absolute atomic E-state index is 12.6. The van der Waals surface area contributed by atoms with Crippen LogP contribution < -0.4 is 10.1 Å². The van der Waals surface area contributed by atoms with Crippen molar-refractivity contribution < 1.29 is 9.53 Å². The molecule has 0 unspecified atom stereocenters. The summed E-state index contributed by atoms with van der Waals surface area (Å²) in [5.74, 6) is 0.765. The van der Waals surface area contributed by atoms with Crippen molar-refractivity contribution in [3.8, 4) is 5.75 Å². The lowest BCUT2D eigenvalue weighted by Crippen LogP contribution is -2.40. The molecule has 0 atom stereocenters. The first-order valence-electron chi connectivity index (χ1n) is 9.01. The van der Waals surface area contributed by atoms with E-state index in [0.29, 0.717) is 19.6 Å². The summed E-state index contributed by atoms with van der Waals surface area (Å²) in [4.78, 5) is 14.4. The van der Waals surface area contributed by atoms with Crippen molar-refractivity contribution in [3.63, 3.8) is 0 Å². The van der Waals surface area contributed by atoms with Gasteiger partial charge in [0.15, 0.2) is 0 Å². The molecule has 2 heterocycles. The van der Waals surface area contributed by atoms with E-state index in [0.717, 1.165) is 29.2 Å². The smallest absolute Gasteiger partial charge is 0.322 e. The summed E-state index contributed by atoms with van der Waals surface area (Å²) >= 11 is 0. The third-order valence-corrected chi connectivity index (χ3v) is 4.71. The van der Waals surface area contributed by atoms with Crippen LogP contribution in [-0.4, -0.2) is 34.4 Å². The van der Waals surface area contributed by atoms with E-state index in [9.17, 15) is 4.79 Å². The van der Waals surface area contributed by atoms with E-state index < -0.39 is 0 Å². The summed E-state index contributed by atoms with van der Waals surface area (Å²) in [5, 5.41) is 7.63. The molecule has 4 rings (SSSR count). The number of methoxy groups -OCH3 is 1. The van der Waals surface area contributed by atoms with E-state index in [1.807, 2.05) is 52.0 Å². The molecule has 0 radical (unpaired) electrons. The number of hydrogen-bond acceptors (Lipinski definition) is 3. The summed E-state index contributed by atoms with van der Waals surface area (Å²) in [6.45, 7) is 1.91. The number of amides is 2. The van der Waals surface area contributed by atoms with E-state index in [-0.39, 0.29) is 6.03 Å². The standard InChI is InChI=1S/C21H22N4O2/c1-27-20-9-7-17(8-10-20)22-21(26)24-11-12-25-19(15-24)14-18(23-25)13-16-5-3-2-4-6-16/h2-10,14H,11-13,15H2,1H3,(H,22,26). The Bertz CT molecular complexity index is 919. The molecule has 0 spiro atoms. The average Bonchev–Trinajstić information content (AvgIpc) is 3.10. The fraction of sp³-hybridized carbons (Fsp3) is 0.238. The van der Waals surface area contributed by atoms with E-state index in [2.05, 4.69) is 28.6 Å². The predicted octanol–water partition coefficient (Wildman–Crippen LogP) is 3.53. The number of fused-ring (bicyclic) bond motifs is 1. The van der Waals surface area contributed by atoms with Crippen LogP contribution in [0.3, 0.4) is 0 Å². The molecule has 1 N–H and O–H groups in total. The molecule has 0 aliphatic carbocycles. The van der Waals surface area contributed by atoms with Gasteiger partial charge in [-0.3, -0.25) is 4.68 Å². The van der Waals surface area contributed by atoms with E-state index in [1.165, 1.54) is 5.56 Å². The lowest BCUT2D eigenvalue weighted by molar-refractivity contribution is 0.194. The Hall–Kier alpha value is -3.28. The summed E-state index contributed by atoms with van der Waals surface area (Å²) in [6, 6.07) is 19.6. The highest BCUT2D eigenvalue weighted by molar-refractivity contribution is 5.89. The second-order valence-electron chi connectivity index (χ2n) is 6.59. The number of aromatic nitrogens is 2. The molecule has 138 valence electrons. The zero-order valence-corrected chi connectivity index (χ0v) is 15.3. The first kappa shape index (κ1) is 17.1. The lowest BCUT2D eigenvalue weighted by Gasteiger charge is -2.27. The van der Waals surface area contributed by atoms with E-state index >= 15 is 0 Å². The number of benzene rings is 2. The molecular formula is C21H22N4O2. The highest BCUT2D eigenvalue weighted by atomic mass is 16.5. The normalized spacial score (nSPS) is 13.1. The fourth-order valence-corrected chi connectivity index (χ4v) is 3.27. The van der Waals surface area contributed by atoms with Gasteiger partial charge in [0.25, 0.3) is 0 Å². The largest absolute Gasteiger partial charge is 0.497 e. The van der Waals surface area contributed by atoms with Gasteiger partial charge in [0.1, 0.15) is 5.75 Å². The van der Waals surface area contributed by atoms with Crippen LogP contribution in [0.25, 0.3) is 0 Å². The molecule has 0 fully saturated rings. The maximum atomic E-state index is 12.6. The number of urea groups is 1. The number of carbonyl (C=O) groups is 1. The molecule has 3 aromatic rings. The van der Waals surface area contributed by atoms with Crippen molar-refractivity contribution >= 4 is 11.7 Å². The third kappa shape index (κ3) is 3.95. The second kappa shape index (κ2) is 7.53. The molecule has 0 saturated heterocycles. The Kier molecular flexibility index (Phi) is 4.78. The summed E-state index contributed by atoms with van der Waals surface area (Å²) in [5.41, 5.74) is 4.09. The third-order valence-electron chi connectivity index (χ3n) is 4.71. The second-order valence-corrected chi connectivity index (χ2v) is 6.59. The number of carbonyl (C=O) groups excluding carboxylic acids is 1. The van der Waals surface area contributed by atoms with Crippen LogP contribution in [0, 0.1) is 0 Å². The van der Waals surface area contributed by atoms with Gasteiger partial charge in [-0.15, -0.1) is 0 Å². The van der Waals surface area contributed by atoms with Gasteiger partial charge in [0.2, 0.25) is 0 Å². The van der Waals surface area contributed by atoms with Gasteiger partial charge in [0.05, 0.1) is 31.6 Å². The van der Waals surface area contributed by atoms with Gasteiger partial charge in [-0.05, 0) is 35.9 Å². The number of nitrogens with one attached hydrogen (secondary N) is 1. The highest BCUT2D eigenvalue weighted by Crippen LogP contribution is 2.19. The highest BCUT2D eigenvalue weighted by Gasteiger charge is 2.22. The number of nitrogens with zero attached hydrogens (tertiary/aromatic N) is 3. The Morgan fingerprint density at radius 2 is 1.89 bits per heavy atom. The molecule has 6 nitrogen and oxygen atoms in total. The molecule has 0 bridgehead atoms. The van der Waals surface area contributed by atoms with Crippen molar-refractivity contribution in [2.24, 2.45) is 0 Å². The Morgan fingerprint density at radius 1 is 1.11 bits per heavy atom. The van der Waals surface area contributed by atoms with Crippen LogP contribution in [0.15, 0.2) is 60.7 Å². The minimum absolute atomic E-state index is 0.0998. The van der Waals surface area contributed by atoms with Crippen LogP contribution in [0.2, 0.25) is 0 Å².